The number of carboxylic acid groups (broad SMARTS) is 1. The number of nitrogens with zero attached hydrogens (tertiary/aromatic N) is 2. The lowest BCUT2D eigenvalue weighted by Crippen LogP contribution is -2.34. The molecule has 0 bridgehead atoms. The van der Waals surface area contributed by atoms with E-state index in [0.717, 1.165) is 41.7 Å². The first-order valence-corrected chi connectivity index (χ1v) is 10.8. The zero-order valence-corrected chi connectivity index (χ0v) is 18.2. The number of phenolic OH excluding ortho intramolecular Hbond substituents is 1. The van der Waals surface area contributed by atoms with Crippen molar-refractivity contribution in [1.82, 2.24) is 4.98 Å². The van der Waals surface area contributed by atoms with Gasteiger partial charge in [0.1, 0.15) is 11.6 Å². The molecule has 6 nitrogen and oxygen atoms in total. The lowest BCUT2D eigenvalue weighted by Gasteiger charge is -2.27. The zero-order valence-electron chi connectivity index (χ0n) is 16.7. The molecule has 162 valence electrons. The minimum absolute atomic E-state index is 0.0172. The highest BCUT2D eigenvalue weighted by atomic mass is 35.5. The number of fused-ring (bicyclic) bond motifs is 1. The van der Waals surface area contributed by atoms with Crippen LogP contribution in [0, 0.1) is 0 Å². The van der Waals surface area contributed by atoms with Gasteiger partial charge >= 0.3 is 5.97 Å². The summed E-state index contributed by atoms with van der Waals surface area (Å²) in [5.74, 6) is 0.0519. The highest BCUT2D eigenvalue weighted by molar-refractivity contribution is 6.45. The third kappa shape index (κ3) is 4.71. The normalized spacial score (nSPS) is 16.2. The van der Waals surface area contributed by atoms with Gasteiger partial charge in [0.2, 0.25) is 0 Å². The predicted molar refractivity (Wildman–Crippen MR) is 122 cm³/mol. The molecule has 2 heterocycles. The molecule has 1 aliphatic heterocycles. The summed E-state index contributed by atoms with van der Waals surface area (Å²) in [6.07, 6.45) is 1.89. The second-order valence-corrected chi connectivity index (χ2v) is 8.33. The summed E-state index contributed by atoms with van der Waals surface area (Å²) in [7, 11) is 0. The molecule has 2 N–H and O–H groups in total. The van der Waals surface area contributed by atoms with Crippen molar-refractivity contribution in [3.05, 3.63) is 52.5 Å². The third-order valence-corrected chi connectivity index (χ3v) is 6.25. The molecule has 0 aliphatic carbocycles. The van der Waals surface area contributed by atoms with E-state index in [9.17, 15) is 9.90 Å². The Hall–Kier alpha value is -2.54. The van der Waals surface area contributed by atoms with Crippen LogP contribution in [-0.2, 0) is 9.53 Å². The maximum atomic E-state index is 10.7. The number of carboxylic acids is 1. The van der Waals surface area contributed by atoms with E-state index in [0.29, 0.717) is 22.2 Å². The van der Waals surface area contributed by atoms with Crippen molar-refractivity contribution >= 4 is 45.9 Å². The lowest BCUT2D eigenvalue weighted by atomic mass is 10.0. The number of halogens is 2. The number of hydrogen-bond donors (Lipinski definition) is 2. The second-order valence-electron chi connectivity index (χ2n) is 7.54. The maximum Gasteiger partial charge on any atom is 0.305 e. The van der Waals surface area contributed by atoms with E-state index in [4.69, 9.17) is 38.0 Å². The number of ether oxygens (including phenoxy) is 1. The van der Waals surface area contributed by atoms with Crippen LogP contribution in [0.3, 0.4) is 0 Å². The third-order valence-electron chi connectivity index (χ3n) is 5.46. The van der Waals surface area contributed by atoms with E-state index in [-0.39, 0.29) is 24.8 Å². The summed E-state index contributed by atoms with van der Waals surface area (Å²) in [6, 6.07) is 12.8. The number of benzene rings is 2. The molecule has 0 radical (unpaired) electrons. The molecule has 31 heavy (non-hydrogen) atoms. The summed E-state index contributed by atoms with van der Waals surface area (Å²) in [4.78, 5) is 17.7. The Morgan fingerprint density at radius 2 is 2.06 bits per heavy atom. The summed E-state index contributed by atoms with van der Waals surface area (Å²) < 4.78 is 5.61. The minimum atomic E-state index is -0.873. The van der Waals surface area contributed by atoms with Gasteiger partial charge in [-0.25, -0.2) is 4.98 Å². The lowest BCUT2D eigenvalue weighted by molar-refractivity contribution is -0.138. The molecule has 1 atom stereocenters. The number of aromatic nitrogens is 1. The fourth-order valence-electron chi connectivity index (χ4n) is 3.97. The van der Waals surface area contributed by atoms with Crippen LogP contribution < -0.4 is 4.90 Å². The quantitative estimate of drug-likeness (QED) is 0.460. The van der Waals surface area contributed by atoms with E-state index >= 15 is 0 Å². The Balaban J connectivity index is 1.74. The smallest absolute Gasteiger partial charge is 0.305 e. The van der Waals surface area contributed by atoms with Gasteiger partial charge in [0.15, 0.2) is 0 Å². The van der Waals surface area contributed by atoms with Crippen molar-refractivity contribution < 1.29 is 19.7 Å². The van der Waals surface area contributed by atoms with Crippen LogP contribution in [0.25, 0.3) is 22.0 Å². The molecular weight excluding hydrogens is 439 g/mol. The molecule has 1 aliphatic rings. The van der Waals surface area contributed by atoms with Gasteiger partial charge in [-0.15, -0.1) is 0 Å². The first-order chi connectivity index (χ1) is 14.9. The highest BCUT2D eigenvalue weighted by Gasteiger charge is 2.27. The van der Waals surface area contributed by atoms with Crippen LogP contribution >= 0.6 is 23.2 Å². The van der Waals surface area contributed by atoms with Crippen molar-refractivity contribution in [1.29, 1.82) is 0 Å². The molecule has 3 aromatic rings. The molecule has 8 heteroatoms. The van der Waals surface area contributed by atoms with E-state index < -0.39 is 5.97 Å². The van der Waals surface area contributed by atoms with Gasteiger partial charge in [0, 0.05) is 11.9 Å². The number of rotatable bonds is 7. The average Bonchev–Trinajstić information content (AvgIpc) is 3.22. The number of hydrogen-bond acceptors (Lipinski definition) is 5. The van der Waals surface area contributed by atoms with Crippen LogP contribution in [0.4, 0.5) is 5.82 Å². The maximum absolute atomic E-state index is 10.7. The van der Waals surface area contributed by atoms with Gasteiger partial charge in [-0.05, 0) is 48.2 Å². The Bertz CT molecular complexity index is 1120. The Morgan fingerprint density at radius 1 is 1.23 bits per heavy atom. The van der Waals surface area contributed by atoms with E-state index in [1.54, 1.807) is 24.3 Å². The van der Waals surface area contributed by atoms with Crippen LogP contribution in [0.5, 0.6) is 5.75 Å². The highest BCUT2D eigenvalue weighted by Crippen LogP contribution is 2.39. The van der Waals surface area contributed by atoms with Gasteiger partial charge in [-0.1, -0.05) is 41.4 Å². The van der Waals surface area contributed by atoms with E-state index in [1.807, 2.05) is 18.2 Å². The van der Waals surface area contributed by atoms with E-state index in [2.05, 4.69) is 4.90 Å². The molecule has 1 fully saturated rings. The molecule has 0 saturated carbocycles. The Morgan fingerprint density at radius 3 is 2.84 bits per heavy atom. The molecule has 1 aromatic heterocycles. The van der Waals surface area contributed by atoms with Gasteiger partial charge in [0.25, 0.3) is 0 Å². The Labute approximate surface area is 190 Å². The average molecular weight is 461 g/mol. The fourth-order valence-corrected chi connectivity index (χ4v) is 4.33. The molecule has 0 spiro atoms. The second kappa shape index (κ2) is 9.30. The van der Waals surface area contributed by atoms with Crippen molar-refractivity contribution in [2.45, 2.75) is 25.3 Å². The van der Waals surface area contributed by atoms with Crippen LogP contribution in [0.2, 0.25) is 10.0 Å². The van der Waals surface area contributed by atoms with Crippen molar-refractivity contribution in [2.24, 2.45) is 0 Å². The SMILES string of the molecule is O=C(O)CCOC[C@@H]1CCCN1c1cc(-c2cccc(O)c2)c2ccc(Cl)c(Cl)c2n1. The largest absolute Gasteiger partial charge is 0.508 e. The summed E-state index contributed by atoms with van der Waals surface area (Å²) in [5, 5.41) is 20.5. The first kappa shape index (κ1) is 21.7. The first-order valence-electron chi connectivity index (χ1n) is 10.1. The number of carbonyl (C=O) groups is 1. The summed E-state index contributed by atoms with van der Waals surface area (Å²) in [5.41, 5.74) is 2.34. The standard InChI is InChI=1S/C23H22Cl2N2O4/c24-19-7-6-17-18(14-3-1-5-16(28)11-14)12-20(26-23(17)22(19)25)27-9-2-4-15(27)13-31-10-8-21(29)30/h1,3,5-7,11-12,15,28H,2,4,8-10,13H2,(H,29,30)/t15-/m0/s1. The van der Waals surface area contributed by atoms with Crippen LogP contribution in [-0.4, -0.2) is 47.0 Å². The van der Waals surface area contributed by atoms with Crippen LogP contribution in [0.1, 0.15) is 19.3 Å². The van der Waals surface area contributed by atoms with Crippen molar-refractivity contribution in [3.63, 3.8) is 0 Å². The molecule has 0 unspecified atom stereocenters. The van der Waals surface area contributed by atoms with Crippen LogP contribution in [0.15, 0.2) is 42.5 Å². The predicted octanol–water partition coefficient (Wildman–Crippen LogP) is 5.37. The Kier molecular flexibility index (Phi) is 6.51. The van der Waals surface area contributed by atoms with E-state index in [1.165, 1.54) is 0 Å². The fraction of sp³-hybridized carbons (Fsp3) is 0.304. The number of anilines is 1. The molecule has 4 rings (SSSR count). The number of pyridine rings is 1. The molecule has 0 amide bonds. The number of aliphatic carboxylic acids is 1. The molecule has 1 saturated heterocycles. The number of phenols is 1. The topological polar surface area (TPSA) is 82.9 Å². The van der Waals surface area contributed by atoms with Crippen molar-refractivity contribution in [3.8, 4) is 16.9 Å². The summed E-state index contributed by atoms with van der Waals surface area (Å²) >= 11 is 12.8. The monoisotopic (exact) mass is 460 g/mol. The number of aromatic hydroxyl groups is 1. The molecular formula is C23H22Cl2N2O4. The van der Waals surface area contributed by atoms with Gasteiger partial charge in [-0.3, -0.25) is 4.79 Å². The van der Waals surface area contributed by atoms with Crippen molar-refractivity contribution in [2.75, 3.05) is 24.7 Å². The zero-order chi connectivity index (χ0) is 22.0. The minimum Gasteiger partial charge on any atom is -0.508 e. The van der Waals surface area contributed by atoms with Gasteiger partial charge < -0.3 is 19.8 Å². The molecule has 2 aromatic carbocycles. The summed E-state index contributed by atoms with van der Waals surface area (Å²) in [6.45, 7) is 1.42. The van der Waals surface area contributed by atoms with Gasteiger partial charge in [0.05, 0.1) is 41.2 Å². The van der Waals surface area contributed by atoms with Gasteiger partial charge in [-0.2, -0.15) is 0 Å².